The summed E-state index contributed by atoms with van der Waals surface area (Å²) < 4.78 is 2.25. The Bertz CT molecular complexity index is 677. The Morgan fingerprint density at radius 2 is 1.92 bits per heavy atom. The largest absolute Gasteiger partial charge is 0.354 e. The quantitative estimate of drug-likeness (QED) is 0.730. The Morgan fingerprint density at radius 3 is 2.69 bits per heavy atom. The molecule has 0 bridgehead atoms. The molecule has 0 spiro atoms. The highest BCUT2D eigenvalue weighted by Crippen LogP contribution is 2.15. The number of benzene rings is 1. The molecule has 26 heavy (non-hydrogen) atoms. The predicted molar refractivity (Wildman–Crippen MR) is 107 cm³/mol. The van der Waals surface area contributed by atoms with E-state index in [4.69, 9.17) is 5.73 Å². The van der Waals surface area contributed by atoms with Gasteiger partial charge < -0.3 is 15.6 Å². The van der Waals surface area contributed by atoms with E-state index in [2.05, 4.69) is 20.1 Å². The van der Waals surface area contributed by atoms with Crippen molar-refractivity contribution in [3.8, 4) is 0 Å². The SMILES string of the molecule is Cl.Cl.NC(C(=O)NCCCc1nnc2n1CCCCC2)c1ccccc1. The van der Waals surface area contributed by atoms with Crippen molar-refractivity contribution in [2.24, 2.45) is 5.73 Å². The van der Waals surface area contributed by atoms with Gasteiger partial charge in [0.05, 0.1) is 0 Å². The van der Waals surface area contributed by atoms with Crippen LogP contribution in [-0.2, 0) is 24.2 Å². The van der Waals surface area contributed by atoms with Crippen LogP contribution in [0.5, 0.6) is 0 Å². The van der Waals surface area contributed by atoms with E-state index in [0.29, 0.717) is 6.54 Å². The van der Waals surface area contributed by atoms with Gasteiger partial charge in [-0.05, 0) is 24.8 Å². The number of hydrogen-bond acceptors (Lipinski definition) is 4. The Balaban J connectivity index is 0.00000169. The molecule has 0 radical (unpaired) electrons. The number of nitrogens with zero attached hydrogens (tertiary/aromatic N) is 3. The van der Waals surface area contributed by atoms with Crippen molar-refractivity contribution >= 4 is 30.7 Å². The van der Waals surface area contributed by atoms with Gasteiger partial charge >= 0.3 is 0 Å². The Morgan fingerprint density at radius 1 is 1.15 bits per heavy atom. The molecule has 3 rings (SSSR count). The molecule has 2 aromatic rings. The van der Waals surface area contributed by atoms with E-state index in [-0.39, 0.29) is 30.7 Å². The van der Waals surface area contributed by atoms with Crippen LogP contribution in [0.4, 0.5) is 0 Å². The molecule has 1 unspecified atom stereocenters. The van der Waals surface area contributed by atoms with Gasteiger partial charge in [0.1, 0.15) is 17.7 Å². The smallest absolute Gasteiger partial charge is 0.241 e. The predicted octanol–water partition coefficient (Wildman–Crippen LogP) is 2.60. The summed E-state index contributed by atoms with van der Waals surface area (Å²) in [5.74, 6) is 2.01. The van der Waals surface area contributed by atoms with Crippen LogP contribution in [0.1, 0.15) is 48.9 Å². The number of carbonyl (C=O) groups excluding carboxylic acids is 1. The van der Waals surface area contributed by atoms with Crippen LogP contribution in [-0.4, -0.2) is 27.2 Å². The molecule has 6 nitrogen and oxygen atoms in total. The van der Waals surface area contributed by atoms with Crippen LogP contribution in [0.25, 0.3) is 0 Å². The van der Waals surface area contributed by atoms with E-state index < -0.39 is 6.04 Å². The second-order valence-corrected chi connectivity index (χ2v) is 6.28. The number of halogens is 2. The van der Waals surface area contributed by atoms with Gasteiger partial charge in [-0.15, -0.1) is 35.0 Å². The third-order valence-electron chi connectivity index (χ3n) is 4.50. The van der Waals surface area contributed by atoms with Gasteiger partial charge in [0.25, 0.3) is 0 Å². The van der Waals surface area contributed by atoms with E-state index >= 15 is 0 Å². The second kappa shape index (κ2) is 11.2. The molecule has 0 saturated heterocycles. The topological polar surface area (TPSA) is 85.8 Å². The summed E-state index contributed by atoms with van der Waals surface area (Å²) in [6.45, 7) is 1.62. The van der Waals surface area contributed by atoms with Crippen LogP contribution in [0.2, 0.25) is 0 Å². The van der Waals surface area contributed by atoms with Gasteiger partial charge in [0, 0.05) is 25.9 Å². The lowest BCUT2D eigenvalue weighted by Crippen LogP contribution is -2.34. The van der Waals surface area contributed by atoms with Crippen LogP contribution in [0.15, 0.2) is 30.3 Å². The van der Waals surface area contributed by atoms with Gasteiger partial charge in [-0.1, -0.05) is 36.8 Å². The van der Waals surface area contributed by atoms with Crippen LogP contribution in [0, 0.1) is 0 Å². The summed E-state index contributed by atoms with van der Waals surface area (Å²) >= 11 is 0. The average Bonchev–Trinajstić information content (AvgIpc) is 2.85. The number of aryl methyl sites for hydroxylation is 2. The Hall–Kier alpha value is -1.63. The van der Waals surface area contributed by atoms with E-state index in [1.807, 2.05) is 30.3 Å². The van der Waals surface area contributed by atoms with Crippen molar-refractivity contribution in [2.45, 2.75) is 51.1 Å². The third kappa shape index (κ3) is 5.69. The lowest BCUT2D eigenvalue weighted by atomic mass is 10.1. The first kappa shape index (κ1) is 22.4. The van der Waals surface area contributed by atoms with E-state index in [1.165, 1.54) is 19.3 Å². The molecule has 1 amide bonds. The number of fused-ring (bicyclic) bond motifs is 1. The monoisotopic (exact) mass is 399 g/mol. The number of nitrogens with one attached hydrogen (secondary N) is 1. The third-order valence-corrected chi connectivity index (χ3v) is 4.50. The van der Waals surface area contributed by atoms with Gasteiger partial charge in [-0.25, -0.2) is 0 Å². The normalized spacial score (nSPS) is 14.2. The van der Waals surface area contributed by atoms with Crippen molar-refractivity contribution in [3.05, 3.63) is 47.5 Å². The highest BCUT2D eigenvalue weighted by Gasteiger charge is 2.16. The summed E-state index contributed by atoms with van der Waals surface area (Å²) in [7, 11) is 0. The first-order valence-corrected chi connectivity index (χ1v) is 8.75. The zero-order valence-electron chi connectivity index (χ0n) is 14.8. The number of aromatic nitrogens is 3. The van der Waals surface area contributed by atoms with Crippen molar-refractivity contribution in [1.29, 1.82) is 0 Å². The number of amides is 1. The number of rotatable bonds is 6. The molecule has 1 aromatic carbocycles. The van der Waals surface area contributed by atoms with Gasteiger partial charge in [0.15, 0.2) is 0 Å². The minimum Gasteiger partial charge on any atom is -0.354 e. The van der Waals surface area contributed by atoms with Crippen molar-refractivity contribution in [3.63, 3.8) is 0 Å². The zero-order valence-corrected chi connectivity index (χ0v) is 16.4. The van der Waals surface area contributed by atoms with E-state index in [1.54, 1.807) is 0 Å². The number of nitrogens with two attached hydrogens (primary N) is 1. The molecular weight excluding hydrogens is 373 g/mol. The number of hydrogen-bond donors (Lipinski definition) is 2. The van der Waals surface area contributed by atoms with Crippen molar-refractivity contribution in [2.75, 3.05) is 6.54 Å². The molecule has 1 aromatic heterocycles. The molecule has 0 aliphatic carbocycles. The molecule has 2 heterocycles. The average molecular weight is 400 g/mol. The fourth-order valence-corrected chi connectivity index (χ4v) is 3.11. The summed E-state index contributed by atoms with van der Waals surface area (Å²) in [4.78, 5) is 12.1. The minimum atomic E-state index is -0.615. The summed E-state index contributed by atoms with van der Waals surface area (Å²) in [6.07, 6.45) is 6.34. The maximum atomic E-state index is 12.1. The minimum absolute atomic E-state index is 0. The maximum Gasteiger partial charge on any atom is 0.241 e. The fourth-order valence-electron chi connectivity index (χ4n) is 3.11. The number of carbonyl (C=O) groups is 1. The lowest BCUT2D eigenvalue weighted by Gasteiger charge is -2.12. The zero-order chi connectivity index (χ0) is 16.8. The van der Waals surface area contributed by atoms with Crippen molar-refractivity contribution < 1.29 is 4.79 Å². The van der Waals surface area contributed by atoms with Gasteiger partial charge in [-0.2, -0.15) is 0 Å². The molecule has 0 fully saturated rings. The first-order valence-electron chi connectivity index (χ1n) is 8.75. The highest BCUT2D eigenvalue weighted by molar-refractivity contribution is 5.85. The van der Waals surface area contributed by atoms with Crippen LogP contribution in [0.3, 0.4) is 0 Å². The molecule has 8 heteroatoms. The summed E-state index contributed by atoms with van der Waals surface area (Å²) in [5.41, 5.74) is 6.82. The summed E-state index contributed by atoms with van der Waals surface area (Å²) in [5, 5.41) is 11.5. The second-order valence-electron chi connectivity index (χ2n) is 6.28. The molecule has 0 saturated carbocycles. The molecule has 1 atom stereocenters. The Labute approximate surface area is 166 Å². The van der Waals surface area contributed by atoms with Gasteiger partial charge in [-0.3, -0.25) is 4.79 Å². The molecular formula is C18H27Cl2N5O. The van der Waals surface area contributed by atoms with Crippen LogP contribution < -0.4 is 11.1 Å². The van der Waals surface area contributed by atoms with Crippen molar-refractivity contribution in [1.82, 2.24) is 20.1 Å². The summed E-state index contributed by atoms with van der Waals surface area (Å²) in [6, 6.07) is 8.82. The molecule has 1 aliphatic heterocycles. The maximum absolute atomic E-state index is 12.1. The lowest BCUT2D eigenvalue weighted by molar-refractivity contribution is -0.122. The van der Waals surface area contributed by atoms with E-state index in [9.17, 15) is 4.79 Å². The van der Waals surface area contributed by atoms with Crippen LogP contribution >= 0.6 is 24.8 Å². The standard InChI is InChI=1S/C18H25N5O.2ClH/c19-17(14-8-3-1-4-9-14)18(24)20-12-7-11-16-22-21-15-10-5-2-6-13-23(15)16;;/h1,3-4,8-9,17H,2,5-7,10-13,19H2,(H,20,24);2*1H. The first-order chi connectivity index (χ1) is 11.8. The van der Waals surface area contributed by atoms with Gasteiger partial charge in [0.2, 0.25) is 5.91 Å². The highest BCUT2D eigenvalue weighted by atomic mass is 35.5. The molecule has 144 valence electrons. The molecule has 1 aliphatic rings. The Kier molecular flexibility index (Phi) is 9.62. The molecule has 3 N–H and O–H groups in total. The fraction of sp³-hybridized carbons (Fsp3) is 0.500. The van der Waals surface area contributed by atoms with E-state index in [0.717, 1.165) is 43.0 Å².